The van der Waals surface area contributed by atoms with Crippen molar-refractivity contribution in [2.24, 2.45) is 0 Å². The number of thiophene rings is 2. The molecule has 0 fully saturated rings. The first kappa shape index (κ1) is 14.2. The van der Waals surface area contributed by atoms with Crippen LogP contribution in [0.5, 0.6) is 0 Å². The number of hydrogen-bond acceptors (Lipinski definition) is 5. The number of carbonyl (C=O) groups excluding carboxylic acids is 1. The highest BCUT2D eigenvalue weighted by molar-refractivity contribution is 7.18. The Hall–Kier alpha value is -1.79. The van der Waals surface area contributed by atoms with Crippen LogP contribution in [0.3, 0.4) is 0 Å². The van der Waals surface area contributed by atoms with E-state index in [0.29, 0.717) is 20.9 Å². The molecule has 0 aromatic carbocycles. The fourth-order valence-electron chi connectivity index (χ4n) is 2.11. The van der Waals surface area contributed by atoms with E-state index in [1.807, 2.05) is 32.0 Å². The van der Waals surface area contributed by atoms with Crippen LogP contribution in [0.25, 0.3) is 10.2 Å². The number of aromatic nitrogens is 2. The molecule has 0 atom stereocenters. The summed E-state index contributed by atoms with van der Waals surface area (Å²) in [6, 6.07) is 5.61. The van der Waals surface area contributed by atoms with Gasteiger partial charge in [-0.25, -0.2) is 4.98 Å². The number of aryl methyl sites for hydroxylation is 2. The molecule has 3 rings (SSSR count). The Bertz CT molecular complexity index is 873. The largest absolute Gasteiger partial charge is 0.310 e. The molecule has 0 aliphatic heterocycles. The van der Waals surface area contributed by atoms with E-state index in [0.717, 1.165) is 16.2 Å². The lowest BCUT2D eigenvalue weighted by Gasteiger charge is -1.99. The molecule has 4 nitrogen and oxygen atoms in total. The van der Waals surface area contributed by atoms with Crippen LogP contribution in [-0.4, -0.2) is 15.8 Å². The van der Waals surface area contributed by atoms with Crippen LogP contribution in [0.15, 0.2) is 23.0 Å². The Morgan fingerprint density at radius 2 is 2.14 bits per heavy atom. The van der Waals surface area contributed by atoms with Crippen molar-refractivity contribution >= 4 is 38.7 Å². The number of ketones is 1. The number of carbonyl (C=O) groups is 1. The molecule has 6 heteroatoms. The predicted molar refractivity (Wildman–Crippen MR) is 86.7 cm³/mol. The molecular weight excluding hydrogens is 304 g/mol. The van der Waals surface area contributed by atoms with Crippen LogP contribution in [0.2, 0.25) is 0 Å². The van der Waals surface area contributed by atoms with Gasteiger partial charge in [0.1, 0.15) is 10.7 Å². The molecule has 108 valence electrons. The summed E-state index contributed by atoms with van der Waals surface area (Å²) in [5, 5.41) is 0.611. The molecule has 21 heavy (non-hydrogen) atoms. The molecule has 0 saturated heterocycles. The van der Waals surface area contributed by atoms with Gasteiger partial charge in [0, 0.05) is 9.75 Å². The van der Waals surface area contributed by atoms with E-state index >= 15 is 0 Å². The van der Waals surface area contributed by atoms with E-state index in [4.69, 9.17) is 0 Å². The Labute approximate surface area is 129 Å². The van der Waals surface area contributed by atoms with Gasteiger partial charge in [0.05, 0.1) is 16.7 Å². The second kappa shape index (κ2) is 5.54. The molecule has 0 spiro atoms. The van der Waals surface area contributed by atoms with Crippen LogP contribution >= 0.6 is 22.7 Å². The minimum absolute atomic E-state index is 0.0112. The first-order valence-corrected chi connectivity index (χ1v) is 8.31. The van der Waals surface area contributed by atoms with Gasteiger partial charge in [0.2, 0.25) is 0 Å². The lowest BCUT2D eigenvalue weighted by molar-refractivity contribution is 0.0994. The molecular formula is C15H14N2O2S2. The molecule has 3 aromatic rings. The fraction of sp³-hybridized carbons (Fsp3) is 0.267. The normalized spacial score (nSPS) is 11.1. The molecule has 0 amide bonds. The number of nitrogens with one attached hydrogen (secondary N) is 1. The molecule has 0 bridgehead atoms. The number of nitrogens with zero attached hydrogens (tertiary/aromatic N) is 1. The standard InChI is InChI=1S/C15H14N2O2S2/c1-3-9-6-10-14(19)16-13(17-15(10)21-9)7-11(18)12-5-4-8(2)20-12/h4-6H,3,7H2,1-2H3,(H,16,17,19). The summed E-state index contributed by atoms with van der Waals surface area (Å²) in [6.07, 6.45) is 1.01. The van der Waals surface area contributed by atoms with E-state index in [1.165, 1.54) is 22.7 Å². The van der Waals surface area contributed by atoms with Crippen LogP contribution in [0.1, 0.15) is 32.2 Å². The van der Waals surface area contributed by atoms with Crippen molar-refractivity contribution in [2.75, 3.05) is 0 Å². The summed E-state index contributed by atoms with van der Waals surface area (Å²) in [5.74, 6) is 0.427. The minimum Gasteiger partial charge on any atom is -0.310 e. The SMILES string of the molecule is CCc1cc2c(=O)[nH]c(CC(=O)c3ccc(C)s3)nc2s1. The molecule has 0 aliphatic carbocycles. The Morgan fingerprint density at radius 3 is 2.81 bits per heavy atom. The lowest BCUT2D eigenvalue weighted by Crippen LogP contribution is -2.13. The molecule has 0 radical (unpaired) electrons. The quantitative estimate of drug-likeness (QED) is 0.750. The van der Waals surface area contributed by atoms with Crippen molar-refractivity contribution in [3.63, 3.8) is 0 Å². The number of Topliss-reactive ketones (excluding diaryl/α,β-unsaturated/α-hetero) is 1. The number of H-pyrrole nitrogens is 1. The van der Waals surface area contributed by atoms with Gasteiger partial charge >= 0.3 is 0 Å². The van der Waals surface area contributed by atoms with Crippen LogP contribution in [-0.2, 0) is 12.8 Å². The van der Waals surface area contributed by atoms with Gasteiger partial charge in [0.25, 0.3) is 5.56 Å². The Morgan fingerprint density at radius 1 is 1.33 bits per heavy atom. The maximum atomic E-state index is 12.2. The third-order valence-corrected chi connectivity index (χ3v) is 5.41. The topological polar surface area (TPSA) is 62.8 Å². The molecule has 0 saturated carbocycles. The smallest absolute Gasteiger partial charge is 0.259 e. The first-order chi connectivity index (χ1) is 10.1. The van der Waals surface area contributed by atoms with E-state index in [-0.39, 0.29) is 17.8 Å². The van der Waals surface area contributed by atoms with Gasteiger partial charge in [-0.05, 0) is 31.5 Å². The summed E-state index contributed by atoms with van der Waals surface area (Å²) in [5.41, 5.74) is -0.166. The van der Waals surface area contributed by atoms with Gasteiger partial charge in [-0.15, -0.1) is 22.7 Å². The van der Waals surface area contributed by atoms with Gasteiger partial charge in [-0.1, -0.05) is 6.92 Å². The molecule has 0 unspecified atom stereocenters. The maximum absolute atomic E-state index is 12.2. The van der Waals surface area contributed by atoms with E-state index < -0.39 is 0 Å². The van der Waals surface area contributed by atoms with Gasteiger partial charge in [-0.3, -0.25) is 9.59 Å². The second-order valence-electron chi connectivity index (χ2n) is 4.81. The highest BCUT2D eigenvalue weighted by Crippen LogP contribution is 2.22. The lowest BCUT2D eigenvalue weighted by atomic mass is 10.2. The molecule has 0 aliphatic rings. The van der Waals surface area contributed by atoms with Crippen molar-refractivity contribution in [3.8, 4) is 0 Å². The highest BCUT2D eigenvalue weighted by Gasteiger charge is 2.13. The van der Waals surface area contributed by atoms with Crippen LogP contribution < -0.4 is 5.56 Å². The van der Waals surface area contributed by atoms with Crippen molar-refractivity contribution in [3.05, 3.63) is 49.0 Å². The van der Waals surface area contributed by atoms with Crippen molar-refractivity contribution in [2.45, 2.75) is 26.7 Å². The van der Waals surface area contributed by atoms with E-state index in [1.54, 1.807) is 0 Å². The third-order valence-electron chi connectivity index (χ3n) is 3.19. The summed E-state index contributed by atoms with van der Waals surface area (Å²) in [6.45, 7) is 4.01. The van der Waals surface area contributed by atoms with E-state index in [9.17, 15) is 9.59 Å². The summed E-state index contributed by atoms with van der Waals surface area (Å²) in [7, 11) is 0. The minimum atomic E-state index is -0.166. The highest BCUT2D eigenvalue weighted by atomic mass is 32.1. The summed E-state index contributed by atoms with van der Waals surface area (Å²) >= 11 is 2.98. The van der Waals surface area contributed by atoms with Gasteiger partial charge < -0.3 is 4.98 Å². The second-order valence-corrected chi connectivity index (χ2v) is 7.21. The summed E-state index contributed by atoms with van der Waals surface area (Å²) in [4.78, 5) is 35.0. The maximum Gasteiger partial charge on any atom is 0.259 e. The number of aromatic amines is 1. The number of fused-ring (bicyclic) bond motifs is 1. The third kappa shape index (κ3) is 2.82. The zero-order valence-electron chi connectivity index (χ0n) is 11.7. The molecule has 3 heterocycles. The summed E-state index contributed by atoms with van der Waals surface area (Å²) < 4.78 is 0. The predicted octanol–water partition coefficient (Wildman–Crippen LogP) is 3.34. The number of rotatable bonds is 4. The zero-order chi connectivity index (χ0) is 15.0. The van der Waals surface area contributed by atoms with Crippen molar-refractivity contribution in [1.29, 1.82) is 0 Å². The molecule has 3 aromatic heterocycles. The fourth-order valence-corrected chi connectivity index (χ4v) is 3.90. The number of hydrogen-bond donors (Lipinski definition) is 1. The monoisotopic (exact) mass is 318 g/mol. The average molecular weight is 318 g/mol. The van der Waals surface area contributed by atoms with Crippen molar-refractivity contribution in [1.82, 2.24) is 9.97 Å². The molecule has 1 N–H and O–H groups in total. The van der Waals surface area contributed by atoms with Crippen LogP contribution in [0, 0.1) is 6.92 Å². The van der Waals surface area contributed by atoms with Crippen LogP contribution in [0.4, 0.5) is 0 Å². The van der Waals surface area contributed by atoms with Gasteiger partial charge in [0.15, 0.2) is 5.78 Å². The Balaban J connectivity index is 1.94. The van der Waals surface area contributed by atoms with E-state index in [2.05, 4.69) is 9.97 Å². The van der Waals surface area contributed by atoms with Crippen molar-refractivity contribution < 1.29 is 4.79 Å². The Kier molecular flexibility index (Phi) is 3.73. The average Bonchev–Trinajstić information content (AvgIpc) is 3.04. The zero-order valence-corrected chi connectivity index (χ0v) is 13.4. The van der Waals surface area contributed by atoms with Gasteiger partial charge in [-0.2, -0.15) is 0 Å². The first-order valence-electron chi connectivity index (χ1n) is 6.68.